The number of fused-ring (bicyclic) bond motifs is 1. The van der Waals surface area contributed by atoms with Crippen LogP contribution < -0.4 is 5.32 Å². The zero-order valence-electron chi connectivity index (χ0n) is 16.0. The molecule has 1 aliphatic carbocycles. The van der Waals surface area contributed by atoms with E-state index in [0.717, 1.165) is 23.4 Å². The van der Waals surface area contributed by atoms with Crippen molar-refractivity contribution in [2.24, 2.45) is 0 Å². The predicted molar refractivity (Wildman–Crippen MR) is 112 cm³/mol. The summed E-state index contributed by atoms with van der Waals surface area (Å²) in [5.74, 6) is -0.596. The largest absolute Gasteiger partial charge is 0.296 e. The van der Waals surface area contributed by atoms with Crippen molar-refractivity contribution in [3.63, 3.8) is 0 Å². The molecule has 0 saturated heterocycles. The second-order valence-corrected chi connectivity index (χ2v) is 8.44. The van der Waals surface area contributed by atoms with E-state index >= 15 is 0 Å². The zero-order valence-corrected chi connectivity index (χ0v) is 16.8. The normalized spacial score (nSPS) is 15.4. The molecule has 1 N–H and O–H groups in total. The summed E-state index contributed by atoms with van der Waals surface area (Å²) in [4.78, 5) is 39.3. The Morgan fingerprint density at radius 1 is 1.03 bits per heavy atom. The smallest absolute Gasteiger partial charge is 0.261 e. The van der Waals surface area contributed by atoms with E-state index in [1.165, 1.54) is 22.3 Å². The molecule has 3 amide bonds. The molecule has 2 heterocycles. The molecule has 1 saturated carbocycles. The van der Waals surface area contributed by atoms with Gasteiger partial charge in [-0.05, 0) is 43.0 Å². The summed E-state index contributed by atoms with van der Waals surface area (Å²) in [6.45, 7) is 0.298. The monoisotopic (exact) mass is 418 g/mol. The van der Waals surface area contributed by atoms with E-state index in [4.69, 9.17) is 0 Å². The van der Waals surface area contributed by atoms with E-state index in [9.17, 15) is 14.4 Å². The van der Waals surface area contributed by atoms with Gasteiger partial charge in [0.25, 0.3) is 17.7 Å². The Bertz CT molecular complexity index is 1150. The average molecular weight is 418 g/mol. The van der Waals surface area contributed by atoms with Crippen LogP contribution in [0.4, 0.5) is 5.13 Å². The van der Waals surface area contributed by atoms with Crippen LogP contribution in [0.3, 0.4) is 0 Å². The third kappa shape index (κ3) is 3.50. The average Bonchev–Trinajstić information content (AvgIpc) is 3.47. The molecule has 0 unspecified atom stereocenters. The lowest BCUT2D eigenvalue weighted by Crippen LogP contribution is -2.31. The molecular weight excluding hydrogens is 400 g/mol. The van der Waals surface area contributed by atoms with Gasteiger partial charge in [-0.2, -0.15) is 0 Å². The number of rotatable bonds is 6. The number of anilines is 1. The second kappa shape index (κ2) is 7.46. The summed E-state index contributed by atoms with van der Waals surface area (Å²) in [6.07, 6.45) is 2.81. The van der Waals surface area contributed by atoms with Crippen molar-refractivity contribution in [2.75, 3.05) is 11.9 Å². The molecule has 7 nitrogen and oxygen atoms in total. The van der Waals surface area contributed by atoms with E-state index in [-0.39, 0.29) is 23.3 Å². The minimum absolute atomic E-state index is 0.261. The lowest BCUT2D eigenvalue weighted by molar-refractivity contribution is 0.0656. The van der Waals surface area contributed by atoms with Crippen LogP contribution in [-0.4, -0.2) is 39.4 Å². The fourth-order valence-corrected chi connectivity index (χ4v) is 4.38. The van der Waals surface area contributed by atoms with Gasteiger partial charge < -0.3 is 0 Å². The van der Waals surface area contributed by atoms with Crippen molar-refractivity contribution in [2.45, 2.75) is 25.2 Å². The third-order valence-corrected chi connectivity index (χ3v) is 6.29. The van der Waals surface area contributed by atoms with Crippen LogP contribution in [0.15, 0.2) is 48.5 Å². The Balaban J connectivity index is 1.30. The molecule has 5 rings (SSSR count). The quantitative estimate of drug-likeness (QED) is 0.619. The van der Waals surface area contributed by atoms with Crippen LogP contribution in [0.25, 0.3) is 0 Å². The molecule has 1 aliphatic heterocycles. The number of nitrogens with zero attached hydrogens (tertiary/aromatic N) is 3. The molecule has 8 heteroatoms. The van der Waals surface area contributed by atoms with Gasteiger partial charge in [0, 0.05) is 18.0 Å². The van der Waals surface area contributed by atoms with Gasteiger partial charge in [-0.1, -0.05) is 41.7 Å². The first kappa shape index (κ1) is 18.6. The van der Waals surface area contributed by atoms with Crippen LogP contribution in [0.1, 0.15) is 60.4 Å². The molecule has 30 heavy (non-hydrogen) atoms. The number of benzene rings is 2. The second-order valence-electron chi connectivity index (χ2n) is 7.43. The minimum atomic E-state index is -0.376. The number of carbonyl (C=O) groups excluding carboxylic acids is 3. The highest BCUT2D eigenvalue weighted by Gasteiger charge is 2.35. The maximum Gasteiger partial charge on any atom is 0.261 e. The fourth-order valence-electron chi connectivity index (χ4n) is 3.47. The predicted octanol–water partition coefficient (Wildman–Crippen LogP) is 3.51. The summed E-state index contributed by atoms with van der Waals surface area (Å²) >= 11 is 1.37. The molecule has 2 aliphatic rings. The Morgan fingerprint density at radius 3 is 2.57 bits per heavy atom. The van der Waals surface area contributed by atoms with Gasteiger partial charge in [0.15, 0.2) is 0 Å². The van der Waals surface area contributed by atoms with E-state index in [1.807, 2.05) is 30.3 Å². The van der Waals surface area contributed by atoms with Crippen molar-refractivity contribution in [1.29, 1.82) is 0 Å². The number of hydrogen-bond acceptors (Lipinski definition) is 6. The summed E-state index contributed by atoms with van der Waals surface area (Å²) in [5, 5.41) is 12.2. The first-order valence-electron chi connectivity index (χ1n) is 9.79. The Kier molecular flexibility index (Phi) is 4.63. The van der Waals surface area contributed by atoms with Gasteiger partial charge >= 0.3 is 0 Å². The van der Waals surface area contributed by atoms with Gasteiger partial charge in [-0.25, -0.2) is 0 Å². The lowest BCUT2D eigenvalue weighted by atomic mass is 10.1. The Hall–Kier alpha value is -3.39. The molecule has 0 atom stereocenters. The third-order valence-electron chi connectivity index (χ3n) is 5.29. The standard InChI is InChI=1S/C22H18N4O3S/c27-18(23-22-25-24-19(30-22)14-6-7-14)15-8-9-16-17(12-15)21(29)26(20(16)28)11-10-13-4-2-1-3-5-13/h1-5,8-9,12,14H,6-7,10-11H2,(H,23,25,27). The summed E-state index contributed by atoms with van der Waals surface area (Å²) in [7, 11) is 0. The molecule has 0 radical (unpaired) electrons. The number of nitrogens with one attached hydrogen (secondary N) is 1. The maximum absolute atomic E-state index is 12.8. The van der Waals surface area contributed by atoms with Gasteiger partial charge in [0.1, 0.15) is 5.01 Å². The lowest BCUT2D eigenvalue weighted by Gasteiger charge is -2.13. The van der Waals surface area contributed by atoms with Crippen LogP contribution in [-0.2, 0) is 6.42 Å². The van der Waals surface area contributed by atoms with Gasteiger partial charge in [0.05, 0.1) is 11.1 Å². The van der Waals surface area contributed by atoms with Crippen LogP contribution in [0.5, 0.6) is 0 Å². The van der Waals surface area contributed by atoms with Crippen LogP contribution >= 0.6 is 11.3 Å². The van der Waals surface area contributed by atoms with Crippen molar-refractivity contribution < 1.29 is 14.4 Å². The number of aromatic nitrogens is 2. The van der Waals surface area contributed by atoms with Crippen molar-refractivity contribution in [3.8, 4) is 0 Å². The summed E-state index contributed by atoms with van der Waals surface area (Å²) in [5.41, 5.74) is 1.95. The van der Waals surface area contributed by atoms with Gasteiger partial charge in [-0.15, -0.1) is 10.2 Å². The highest BCUT2D eigenvalue weighted by molar-refractivity contribution is 7.15. The van der Waals surface area contributed by atoms with Crippen LogP contribution in [0, 0.1) is 0 Å². The summed E-state index contributed by atoms with van der Waals surface area (Å²) in [6, 6.07) is 14.3. The molecular formula is C22H18N4O3S. The number of amides is 3. The zero-order chi connectivity index (χ0) is 20.7. The highest BCUT2D eigenvalue weighted by Crippen LogP contribution is 2.42. The SMILES string of the molecule is O=C(Nc1nnc(C2CC2)s1)c1ccc2c(c1)C(=O)N(CCc1ccccc1)C2=O. The first-order chi connectivity index (χ1) is 14.6. The van der Waals surface area contributed by atoms with E-state index in [1.54, 1.807) is 12.1 Å². The molecule has 1 fully saturated rings. The summed E-state index contributed by atoms with van der Waals surface area (Å²) < 4.78 is 0. The van der Waals surface area contributed by atoms with Gasteiger partial charge in [-0.3, -0.25) is 24.6 Å². The first-order valence-corrected chi connectivity index (χ1v) is 10.6. The minimum Gasteiger partial charge on any atom is -0.296 e. The number of carbonyl (C=O) groups is 3. The van der Waals surface area contributed by atoms with Crippen molar-refractivity contribution in [3.05, 3.63) is 75.8 Å². The molecule has 3 aromatic rings. The van der Waals surface area contributed by atoms with E-state index < -0.39 is 0 Å². The Morgan fingerprint density at radius 2 is 1.80 bits per heavy atom. The van der Waals surface area contributed by atoms with E-state index in [0.29, 0.717) is 35.1 Å². The highest BCUT2D eigenvalue weighted by atomic mass is 32.1. The number of imide groups is 1. The Labute approximate surface area is 176 Å². The molecule has 0 spiro atoms. The van der Waals surface area contributed by atoms with Crippen molar-refractivity contribution >= 4 is 34.2 Å². The fraction of sp³-hybridized carbons (Fsp3) is 0.227. The molecule has 150 valence electrons. The van der Waals surface area contributed by atoms with E-state index in [2.05, 4.69) is 15.5 Å². The molecule has 0 bridgehead atoms. The molecule has 2 aromatic carbocycles. The van der Waals surface area contributed by atoms with Gasteiger partial charge in [0.2, 0.25) is 5.13 Å². The number of hydrogen-bond donors (Lipinski definition) is 1. The van der Waals surface area contributed by atoms with Crippen molar-refractivity contribution in [1.82, 2.24) is 15.1 Å². The maximum atomic E-state index is 12.8. The topological polar surface area (TPSA) is 92.3 Å². The molecule has 1 aromatic heterocycles. The van der Waals surface area contributed by atoms with Crippen LogP contribution in [0.2, 0.25) is 0 Å².